The summed E-state index contributed by atoms with van der Waals surface area (Å²) in [4.78, 5) is 17.5. The minimum Gasteiger partial charge on any atom is -0.489 e. The van der Waals surface area contributed by atoms with Crippen LogP contribution in [0.25, 0.3) is 10.9 Å². The summed E-state index contributed by atoms with van der Waals surface area (Å²) in [5, 5.41) is 1.14. The van der Waals surface area contributed by atoms with E-state index in [4.69, 9.17) is 16.3 Å². The van der Waals surface area contributed by atoms with Crippen molar-refractivity contribution in [2.75, 3.05) is 0 Å². The van der Waals surface area contributed by atoms with E-state index in [0.717, 1.165) is 22.1 Å². The second kappa shape index (κ2) is 8.06. The Morgan fingerprint density at radius 1 is 0.966 bits per heavy atom. The molecule has 0 bridgehead atoms. The summed E-state index contributed by atoms with van der Waals surface area (Å²) in [6.45, 7) is 4.41. The number of aromatic nitrogens is 1. The van der Waals surface area contributed by atoms with E-state index < -0.39 is 0 Å². The number of benzene rings is 3. The van der Waals surface area contributed by atoms with Gasteiger partial charge in [0.15, 0.2) is 5.78 Å². The maximum absolute atomic E-state index is 13.0. The number of ether oxygens (including phenoxy) is 1. The van der Waals surface area contributed by atoms with Crippen molar-refractivity contribution in [2.45, 2.75) is 20.5 Å². The summed E-state index contributed by atoms with van der Waals surface area (Å²) in [5.74, 6) is 0.588. The molecule has 4 aromatic rings. The molecule has 29 heavy (non-hydrogen) atoms. The standard InChI is InChI=1S/C25H20ClNO2/c1-16-8-10-20(17(2)12-16)25(28)22-14-27-23-13-19(9-11-21(23)24(22)26)29-15-18-6-4-3-5-7-18/h3-14H,15H2,1-2H3. The fourth-order valence-electron chi connectivity index (χ4n) is 3.34. The summed E-state index contributed by atoms with van der Waals surface area (Å²) in [6.07, 6.45) is 1.55. The van der Waals surface area contributed by atoms with Gasteiger partial charge in [-0.2, -0.15) is 0 Å². The highest BCUT2D eigenvalue weighted by Crippen LogP contribution is 2.30. The predicted molar refractivity (Wildman–Crippen MR) is 117 cm³/mol. The van der Waals surface area contributed by atoms with E-state index in [1.54, 1.807) is 6.20 Å². The minimum absolute atomic E-state index is 0.119. The number of pyridine rings is 1. The lowest BCUT2D eigenvalue weighted by Gasteiger charge is -2.11. The third kappa shape index (κ3) is 4.01. The van der Waals surface area contributed by atoms with E-state index in [1.165, 1.54) is 0 Å². The molecule has 0 fully saturated rings. The third-order valence-corrected chi connectivity index (χ3v) is 5.30. The highest BCUT2D eigenvalue weighted by Gasteiger charge is 2.18. The zero-order chi connectivity index (χ0) is 20.4. The highest BCUT2D eigenvalue weighted by molar-refractivity contribution is 6.39. The van der Waals surface area contributed by atoms with Gasteiger partial charge >= 0.3 is 0 Å². The van der Waals surface area contributed by atoms with Crippen molar-refractivity contribution >= 4 is 28.3 Å². The van der Waals surface area contributed by atoms with Crippen LogP contribution in [0.5, 0.6) is 5.75 Å². The molecule has 1 aromatic heterocycles. The Morgan fingerprint density at radius 3 is 2.52 bits per heavy atom. The largest absolute Gasteiger partial charge is 0.489 e. The molecule has 3 aromatic carbocycles. The van der Waals surface area contributed by atoms with Crippen LogP contribution in [0.3, 0.4) is 0 Å². The van der Waals surface area contributed by atoms with Gasteiger partial charge in [0.1, 0.15) is 12.4 Å². The van der Waals surface area contributed by atoms with E-state index >= 15 is 0 Å². The molecule has 0 aliphatic rings. The zero-order valence-corrected chi connectivity index (χ0v) is 17.0. The molecule has 3 nitrogen and oxygen atoms in total. The number of carbonyl (C=O) groups is 1. The van der Waals surface area contributed by atoms with E-state index in [-0.39, 0.29) is 5.78 Å². The van der Waals surface area contributed by atoms with Gasteiger partial charge in [0.2, 0.25) is 0 Å². The maximum Gasteiger partial charge on any atom is 0.196 e. The zero-order valence-electron chi connectivity index (χ0n) is 16.3. The van der Waals surface area contributed by atoms with Crippen LogP contribution in [0, 0.1) is 13.8 Å². The number of hydrogen-bond donors (Lipinski definition) is 0. The first kappa shape index (κ1) is 19.2. The predicted octanol–water partition coefficient (Wildman–Crippen LogP) is 6.32. The third-order valence-electron chi connectivity index (χ3n) is 4.89. The van der Waals surface area contributed by atoms with Crippen molar-refractivity contribution in [2.24, 2.45) is 0 Å². The molecule has 1 heterocycles. The molecule has 0 atom stereocenters. The molecule has 0 amide bonds. The van der Waals surface area contributed by atoms with Gasteiger partial charge in [-0.3, -0.25) is 9.78 Å². The number of fused-ring (bicyclic) bond motifs is 1. The number of carbonyl (C=O) groups excluding carboxylic acids is 1. The number of ketones is 1. The summed E-state index contributed by atoms with van der Waals surface area (Å²) in [6, 6.07) is 21.3. The highest BCUT2D eigenvalue weighted by atomic mass is 35.5. The number of aryl methyl sites for hydroxylation is 2. The summed E-state index contributed by atoms with van der Waals surface area (Å²) in [5.41, 5.74) is 4.87. The van der Waals surface area contributed by atoms with Crippen molar-refractivity contribution in [3.8, 4) is 5.75 Å². The second-order valence-corrected chi connectivity index (χ2v) is 7.46. The molecule has 0 aliphatic carbocycles. The first-order valence-electron chi connectivity index (χ1n) is 9.40. The first-order valence-corrected chi connectivity index (χ1v) is 9.77. The lowest BCUT2D eigenvalue weighted by Crippen LogP contribution is -2.06. The van der Waals surface area contributed by atoms with E-state index in [0.29, 0.717) is 34.0 Å². The maximum atomic E-state index is 13.0. The second-order valence-electron chi connectivity index (χ2n) is 7.09. The van der Waals surface area contributed by atoms with E-state index in [1.807, 2.05) is 80.6 Å². The van der Waals surface area contributed by atoms with Crippen LogP contribution >= 0.6 is 11.6 Å². The lowest BCUT2D eigenvalue weighted by molar-refractivity contribution is 0.103. The molecule has 144 valence electrons. The van der Waals surface area contributed by atoms with Crippen LogP contribution in [0.15, 0.2) is 72.9 Å². The Morgan fingerprint density at radius 2 is 1.76 bits per heavy atom. The molecule has 0 unspecified atom stereocenters. The SMILES string of the molecule is Cc1ccc(C(=O)c2cnc3cc(OCc4ccccc4)ccc3c2Cl)c(C)c1. The fourth-order valence-corrected chi connectivity index (χ4v) is 3.64. The van der Waals surface area contributed by atoms with Crippen molar-refractivity contribution < 1.29 is 9.53 Å². The first-order chi connectivity index (χ1) is 14.0. The smallest absolute Gasteiger partial charge is 0.196 e. The van der Waals surface area contributed by atoms with Gasteiger partial charge in [-0.05, 0) is 37.1 Å². The molecule has 0 aliphatic heterocycles. The van der Waals surface area contributed by atoms with Crippen molar-refractivity contribution in [1.29, 1.82) is 0 Å². The van der Waals surface area contributed by atoms with Gasteiger partial charge in [0, 0.05) is 23.2 Å². The molecule has 0 spiro atoms. The Balaban J connectivity index is 1.63. The Hall–Kier alpha value is -3.17. The van der Waals surface area contributed by atoms with Gasteiger partial charge in [0.05, 0.1) is 16.1 Å². The Labute approximate surface area is 174 Å². The molecule has 4 rings (SSSR count). The topological polar surface area (TPSA) is 39.2 Å². The van der Waals surface area contributed by atoms with Gasteiger partial charge < -0.3 is 4.74 Å². The Kier molecular flexibility index (Phi) is 5.32. The summed E-state index contributed by atoms with van der Waals surface area (Å²) < 4.78 is 5.86. The van der Waals surface area contributed by atoms with Gasteiger partial charge in [0.25, 0.3) is 0 Å². The number of halogens is 1. The van der Waals surface area contributed by atoms with E-state index in [2.05, 4.69) is 4.98 Å². The number of rotatable bonds is 5. The quantitative estimate of drug-likeness (QED) is 0.367. The molecule has 0 radical (unpaired) electrons. The summed E-state index contributed by atoms with van der Waals surface area (Å²) in [7, 11) is 0. The summed E-state index contributed by atoms with van der Waals surface area (Å²) >= 11 is 6.59. The fraction of sp³-hybridized carbons (Fsp3) is 0.120. The lowest BCUT2D eigenvalue weighted by atomic mass is 9.97. The van der Waals surface area contributed by atoms with Crippen LogP contribution in [0.1, 0.15) is 32.6 Å². The Bertz CT molecular complexity index is 1200. The number of nitrogens with zero attached hydrogens (tertiary/aromatic N) is 1. The molecule has 0 N–H and O–H groups in total. The van der Waals surface area contributed by atoms with Gasteiger partial charge in [-0.1, -0.05) is 65.7 Å². The normalized spacial score (nSPS) is 10.9. The van der Waals surface area contributed by atoms with Crippen LogP contribution in [0.2, 0.25) is 5.02 Å². The van der Waals surface area contributed by atoms with Crippen LogP contribution in [-0.2, 0) is 6.61 Å². The van der Waals surface area contributed by atoms with Crippen LogP contribution in [-0.4, -0.2) is 10.8 Å². The van der Waals surface area contributed by atoms with Gasteiger partial charge in [-0.25, -0.2) is 0 Å². The van der Waals surface area contributed by atoms with Crippen molar-refractivity contribution in [1.82, 2.24) is 4.98 Å². The molecule has 0 saturated carbocycles. The monoisotopic (exact) mass is 401 g/mol. The van der Waals surface area contributed by atoms with Crippen molar-refractivity contribution in [3.05, 3.63) is 106 Å². The number of hydrogen-bond acceptors (Lipinski definition) is 3. The molecule has 0 saturated heterocycles. The van der Waals surface area contributed by atoms with Gasteiger partial charge in [-0.15, -0.1) is 0 Å². The van der Waals surface area contributed by atoms with Crippen molar-refractivity contribution in [3.63, 3.8) is 0 Å². The van der Waals surface area contributed by atoms with Crippen LogP contribution < -0.4 is 4.74 Å². The van der Waals surface area contributed by atoms with Crippen LogP contribution in [0.4, 0.5) is 0 Å². The average Bonchev–Trinajstić information content (AvgIpc) is 2.73. The molecular formula is C25H20ClNO2. The average molecular weight is 402 g/mol. The molecule has 4 heteroatoms. The minimum atomic E-state index is -0.119. The van der Waals surface area contributed by atoms with E-state index in [9.17, 15) is 4.79 Å². The molecular weight excluding hydrogens is 382 g/mol.